The van der Waals surface area contributed by atoms with E-state index in [4.69, 9.17) is 4.74 Å². The van der Waals surface area contributed by atoms with Crippen molar-refractivity contribution in [2.24, 2.45) is 0 Å². The molecule has 4 nitrogen and oxygen atoms in total. The molecule has 0 fully saturated rings. The van der Waals surface area contributed by atoms with Crippen LogP contribution in [-0.2, 0) is 0 Å². The van der Waals surface area contributed by atoms with Crippen LogP contribution in [0.5, 0.6) is 5.88 Å². The minimum atomic E-state index is 0.541. The van der Waals surface area contributed by atoms with Gasteiger partial charge in [-0.2, -0.15) is 10.1 Å². The normalized spacial score (nSPS) is 10.7. The van der Waals surface area contributed by atoms with Gasteiger partial charge in [0.1, 0.15) is 0 Å². The summed E-state index contributed by atoms with van der Waals surface area (Å²) in [5, 5.41) is 5.47. The zero-order chi connectivity index (χ0) is 13.0. The molecule has 0 saturated carbocycles. The number of halogens is 2. The van der Waals surface area contributed by atoms with E-state index in [9.17, 15) is 0 Å². The standard InChI is InChI=1S/C8H8BrIN3OP.C2H6/c1-4-5-3-6(9)8(14-2)11-7(5)13(12-4)15-10;1-2/h3,15H,1-2H3;1-2H3. The van der Waals surface area contributed by atoms with E-state index in [0.29, 0.717) is 12.3 Å². The summed E-state index contributed by atoms with van der Waals surface area (Å²) in [6, 6.07) is 2.00. The third-order valence-corrected chi connectivity index (χ3v) is 4.45. The van der Waals surface area contributed by atoms with Gasteiger partial charge in [0.15, 0.2) is 5.65 Å². The molecule has 7 heteroatoms. The summed E-state index contributed by atoms with van der Waals surface area (Å²) in [5.74, 6) is 0.596. The maximum atomic E-state index is 5.16. The molecule has 0 aromatic carbocycles. The fraction of sp³-hybridized carbons (Fsp3) is 0.400. The van der Waals surface area contributed by atoms with E-state index in [-0.39, 0.29) is 0 Å². The second-order valence-electron chi connectivity index (χ2n) is 2.93. The summed E-state index contributed by atoms with van der Waals surface area (Å²) in [7, 11) is 1.61. The number of fused-ring (bicyclic) bond motifs is 1. The Kier molecular flexibility index (Phi) is 6.09. The molecule has 1 unspecified atom stereocenters. The lowest BCUT2D eigenvalue weighted by Gasteiger charge is -2.02. The van der Waals surface area contributed by atoms with Crippen LogP contribution in [0.4, 0.5) is 0 Å². The number of ether oxygens (including phenoxy) is 1. The van der Waals surface area contributed by atoms with E-state index in [1.807, 2.05) is 31.3 Å². The first-order valence-corrected chi connectivity index (χ1v) is 9.99. The van der Waals surface area contributed by atoms with E-state index in [0.717, 1.165) is 21.2 Å². The molecule has 2 heterocycles. The quantitative estimate of drug-likeness (QED) is 0.527. The van der Waals surface area contributed by atoms with Crippen molar-refractivity contribution in [1.29, 1.82) is 0 Å². The minimum Gasteiger partial charge on any atom is -0.480 e. The van der Waals surface area contributed by atoms with Crippen LogP contribution in [0, 0.1) is 6.92 Å². The van der Waals surface area contributed by atoms with Gasteiger partial charge < -0.3 is 4.74 Å². The Morgan fingerprint density at radius 1 is 1.47 bits per heavy atom. The molecule has 2 aromatic heterocycles. The molecule has 0 radical (unpaired) electrons. The first-order chi connectivity index (χ1) is 8.17. The molecule has 1 atom stereocenters. The number of nitrogens with zero attached hydrogens (tertiary/aromatic N) is 3. The van der Waals surface area contributed by atoms with Crippen molar-refractivity contribution in [3.8, 4) is 5.88 Å². The van der Waals surface area contributed by atoms with Crippen molar-refractivity contribution < 1.29 is 4.74 Å². The smallest absolute Gasteiger partial charge is 0.229 e. The van der Waals surface area contributed by atoms with Gasteiger partial charge in [-0.05, 0) is 51.0 Å². The van der Waals surface area contributed by atoms with Gasteiger partial charge in [-0.25, -0.2) is 4.45 Å². The van der Waals surface area contributed by atoms with E-state index < -0.39 is 0 Å². The van der Waals surface area contributed by atoms with Crippen molar-refractivity contribution in [1.82, 2.24) is 14.5 Å². The molecule has 0 aliphatic carbocycles. The highest BCUT2D eigenvalue weighted by atomic mass is 127. The SMILES string of the molecule is CC.COc1nc2c(cc1Br)c(C)nn2PI. The van der Waals surface area contributed by atoms with Crippen LogP contribution in [-0.4, -0.2) is 21.6 Å². The second-order valence-corrected chi connectivity index (χ2v) is 5.83. The van der Waals surface area contributed by atoms with E-state index in [2.05, 4.69) is 48.1 Å². The number of methoxy groups -OCH3 is 1. The van der Waals surface area contributed by atoms with Gasteiger partial charge in [0.05, 0.1) is 23.7 Å². The van der Waals surface area contributed by atoms with Crippen LogP contribution in [0.2, 0.25) is 0 Å². The largest absolute Gasteiger partial charge is 0.480 e. The summed E-state index contributed by atoms with van der Waals surface area (Å²) in [6.45, 7) is 5.98. The third kappa shape index (κ3) is 3.09. The lowest BCUT2D eigenvalue weighted by Crippen LogP contribution is -1.91. The Morgan fingerprint density at radius 2 is 2.12 bits per heavy atom. The highest BCUT2D eigenvalue weighted by Crippen LogP contribution is 2.33. The van der Waals surface area contributed by atoms with E-state index >= 15 is 0 Å². The molecular weight excluding hydrogens is 416 g/mol. The van der Waals surface area contributed by atoms with Gasteiger partial charge in [-0.1, -0.05) is 13.8 Å². The molecule has 0 aliphatic heterocycles. The number of aromatic nitrogens is 3. The summed E-state index contributed by atoms with van der Waals surface area (Å²) in [4.78, 5) is 4.42. The van der Waals surface area contributed by atoms with Crippen molar-refractivity contribution >= 4 is 55.4 Å². The average molecular weight is 430 g/mol. The lowest BCUT2D eigenvalue weighted by molar-refractivity contribution is 0.396. The third-order valence-electron chi connectivity index (χ3n) is 2.04. The van der Waals surface area contributed by atoms with Crippen LogP contribution in [0.1, 0.15) is 19.5 Å². The molecule has 0 saturated heterocycles. The highest BCUT2D eigenvalue weighted by molar-refractivity contribution is 14.2. The molecule has 2 rings (SSSR count). The van der Waals surface area contributed by atoms with Crippen LogP contribution in [0.25, 0.3) is 11.0 Å². The van der Waals surface area contributed by atoms with E-state index in [1.165, 1.54) is 0 Å². The molecule has 17 heavy (non-hydrogen) atoms. The maximum absolute atomic E-state index is 5.16. The minimum absolute atomic E-state index is 0.541. The predicted molar refractivity (Wildman–Crippen MR) is 85.6 cm³/mol. The van der Waals surface area contributed by atoms with Gasteiger partial charge in [0, 0.05) is 5.39 Å². The van der Waals surface area contributed by atoms with Gasteiger partial charge in [0.25, 0.3) is 0 Å². The highest BCUT2D eigenvalue weighted by Gasteiger charge is 2.12. The fourth-order valence-electron chi connectivity index (χ4n) is 1.34. The molecule has 0 spiro atoms. The Labute approximate surface area is 124 Å². The van der Waals surface area contributed by atoms with Crippen LogP contribution < -0.4 is 4.74 Å². The molecular formula is C10H14BrIN3OP. The Bertz CT molecular complexity index is 518. The molecule has 0 amide bonds. The number of hydrogen-bond acceptors (Lipinski definition) is 3. The summed E-state index contributed by atoms with van der Waals surface area (Å²) in [6.07, 6.45) is 0.541. The van der Waals surface area contributed by atoms with Gasteiger partial charge >= 0.3 is 0 Å². The number of rotatable bonds is 2. The van der Waals surface area contributed by atoms with Crippen LogP contribution in [0.3, 0.4) is 0 Å². The molecule has 94 valence electrons. The summed E-state index contributed by atoms with van der Waals surface area (Å²) in [5.41, 5.74) is 1.87. The van der Waals surface area contributed by atoms with Crippen molar-refractivity contribution in [3.05, 3.63) is 16.2 Å². The van der Waals surface area contributed by atoms with Gasteiger partial charge in [-0.3, -0.25) is 0 Å². The number of hydrogen-bond donors (Lipinski definition) is 0. The summed E-state index contributed by atoms with van der Waals surface area (Å²) >= 11 is 5.70. The van der Waals surface area contributed by atoms with Gasteiger partial charge in [0.2, 0.25) is 5.88 Å². The zero-order valence-corrected chi connectivity index (χ0v) is 14.8. The molecule has 0 bridgehead atoms. The Balaban J connectivity index is 0.000000686. The van der Waals surface area contributed by atoms with E-state index in [1.54, 1.807) is 7.11 Å². The van der Waals surface area contributed by atoms with Crippen LogP contribution in [0.15, 0.2) is 10.5 Å². The second kappa shape index (κ2) is 6.85. The predicted octanol–water partition coefficient (Wildman–Crippen LogP) is 4.33. The molecule has 0 N–H and O–H groups in total. The number of pyridine rings is 1. The first-order valence-electron chi connectivity index (χ1n) is 5.14. The Morgan fingerprint density at radius 3 is 2.65 bits per heavy atom. The first kappa shape index (κ1) is 15.1. The lowest BCUT2D eigenvalue weighted by atomic mass is 10.3. The Hall–Kier alpha value is 0.0600. The molecule has 2 aromatic rings. The monoisotopic (exact) mass is 429 g/mol. The number of aryl methyl sites for hydroxylation is 1. The van der Waals surface area contributed by atoms with Crippen LogP contribution >= 0.6 is 44.3 Å². The van der Waals surface area contributed by atoms with Crippen molar-refractivity contribution in [3.63, 3.8) is 0 Å². The van der Waals surface area contributed by atoms with Gasteiger partial charge in [-0.15, -0.1) is 0 Å². The van der Waals surface area contributed by atoms with Crippen molar-refractivity contribution in [2.45, 2.75) is 20.8 Å². The fourth-order valence-corrected chi connectivity index (χ4v) is 3.27. The molecule has 0 aliphatic rings. The average Bonchev–Trinajstić information content (AvgIpc) is 2.67. The maximum Gasteiger partial charge on any atom is 0.229 e. The topological polar surface area (TPSA) is 39.9 Å². The summed E-state index contributed by atoms with van der Waals surface area (Å²) < 4.78 is 7.91. The zero-order valence-electron chi connectivity index (χ0n) is 10.1. The van der Waals surface area contributed by atoms with Crippen molar-refractivity contribution in [2.75, 3.05) is 7.11 Å².